The average molecular weight is 609 g/mol. The lowest BCUT2D eigenvalue weighted by Crippen LogP contribution is -2.38. The molecule has 0 saturated heterocycles. The molecule has 6 aromatic rings. The van der Waals surface area contributed by atoms with Crippen LogP contribution in [0.3, 0.4) is 0 Å². The first-order valence-corrected chi connectivity index (χ1v) is 16.9. The molecule has 6 aromatic carbocycles. The smallest absolute Gasteiger partial charge is 0.0543 e. The van der Waals surface area contributed by atoms with E-state index in [4.69, 9.17) is 0 Å². The van der Waals surface area contributed by atoms with E-state index in [0.29, 0.717) is 0 Å². The lowest BCUT2D eigenvalue weighted by atomic mass is 9.66. The molecule has 0 saturated carbocycles. The average Bonchev–Trinajstić information content (AvgIpc) is 3.31. The molecule has 2 heteroatoms. The number of hydrogen-bond donors (Lipinski definition) is 0. The topological polar surface area (TPSA) is 6.48 Å². The molecule has 0 atom stereocenters. The van der Waals surface area contributed by atoms with E-state index in [-0.39, 0.29) is 16.2 Å². The molecule has 0 amide bonds. The summed E-state index contributed by atoms with van der Waals surface area (Å²) in [6, 6.07) is 49.8. The second-order valence-corrected chi connectivity index (χ2v) is 15.1. The third-order valence-electron chi connectivity index (χ3n) is 11.4. The minimum Gasteiger partial charge on any atom is -0.310 e. The van der Waals surface area contributed by atoms with Crippen LogP contribution in [-0.2, 0) is 16.2 Å². The highest BCUT2D eigenvalue weighted by Gasteiger charge is 2.45. The minimum atomic E-state index is -0.195. The van der Waals surface area contributed by atoms with Gasteiger partial charge in [-0.25, -0.2) is 0 Å². The Labute approximate surface area is 279 Å². The quantitative estimate of drug-likeness (QED) is 0.197. The van der Waals surface area contributed by atoms with E-state index in [1.807, 2.05) is 0 Å². The monoisotopic (exact) mass is 608 g/mol. The summed E-state index contributed by atoms with van der Waals surface area (Å²) < 4.78 is 0. The molecule has 0 radical (unpaired) electrons. The molecular weight excluding hydrogens is 569 g/mol. The molecule has 3 aliphatic rings. The molecule has 0 unspecified atom stereocenters. The predicted octanol–water partition coefficient (Wildman–Crippen LogP) is 12.2. The minimum absolute atomic E-state index is 0.0705. The highest BCUT2D eigenvalue weighted by molar-refractivity contribution is 5.94. The van der Waals surface area contributed by atoms with Crippen LogP contribution in [0.4, 0.5) is 34.1 Å². The van der Waals surface area contributed by atoms with Crippen molar-refractivity contribution >= 4 is 34.1 Å². The standard InChI is InChI=1S/C45H40N2/c1-43(2)34-18-11-10-17-32(34)33-25-23-30(27-38(33)43)46(29-15-8-7-9-16-29)31-24-26-41-39(28-31)45(5,6)37-21-14-20-36-42(37)47(41)40-22-13-12-19-35(40)44(36,3)4/h7-28H,1-6H3. The van der Waals surface area contributed by atoms with E-state index in [1.54, 1.807) is 0 Å². The third kappa shape index (κ3) is 3.73. The summed E-state index contributed by atoms with van der Waals surface area (Å²) >= 11 is 0. The summed E-state index contributed by atoms with van der Waals surface area (Å²) in [5.41, 5.74) is 18.0. The van der Waals surface area contributed by atoms with Gasteiger partial charge in [-0.15, -0.1) is 0 Å². The van der Waals surface area contributed by atoms with Gasteiger partial charge in [-0.05, 0) is 93.0 Å². The van der Waals surface area contributed by atoms with Crippen LogP contribution >= 0.6 is 0 Å². The number of para-hydroxylation sites is 3. The number of fused-ring (bicyclic) bond motifs is 7. The van der Waals surface area contributed by atoms with Crippen molar-refractivity contribution in [3.8, 4) is 11.1 Å². The molecule has 0 aromatic heterocycles. The molecule has 0 fully saturated rings. The van der Waals surface area contributed by atoms with Crippen LogP contribution < -0.4 is 9.80 Å². The summed E-state index contributed by atoms with van der Waals surface area (Å²) in [7, 11) is 0. The number of anilines is 6. The molecule has 9 rings (SSSR count). The molecule has 47 heavy (non-hydrogen) atoms. The molecule has 2 heterocycles. The second-order valence-electron chi connectivity index (χ2n) is 15.1. The van der Waals surface area contributed by atoms with Crippen LogP contribution in [-0.4, -0.2) is 0 Å². The van der Waals surface area contributed by atoms with Crippen molar-refractivity contribution in [3.05, 3.63) is 167 Å². The Morgan fingerprint density at radius 3 is 1.64 bits per heavy atom. The predicted molar refractivity (Wildman–Crippen MR) is 198 cm³/mol. The van der Waals surface area contributed by atoms with Gasteiger partial charge in [0, 0.05) is 33.3 Å². The van der Waals surface area contributed by atoms with Crippen LogP contribution in [0.5, 0.6) is 0 Å². The van der Waals surface area contributed by atoms with Crippen LogP contribution in [0, 0.1) is 0 Å². The summed E-state index contributed by atoms with van der Waals surface area (Å²) in [5.74, 6) is 0. The molecule has 1 aliphatic carbocycles. The second kappa shape index (κ2) is 9.48. The van der Waals surface area contributed by atoms with Crippen molar-refractivity contribution in [2.24, 2.45) is 0 Å². The summed E-state index contributed by atoms with van der Waals surface area (Å²) in [6.07, 6.45) is 0. The first-order valence-electron chi connectivity index (χ1n) is 16.9. The van der Waals surface area contributed by atoms with Crippen LogP contribution in [0.15, 0.2) is 133 Å². The van der Waals surface area contributed by atoms with Gasteiger partial charge in [-0.1, -0.05) is 126 Å². The first-order chi connectivity index (χ1) is 22.6. The summed E-state index contributed by atoms with van der Waals surface area (Å²) in [5, 5.41) is 0. The van der Waals surface area contributed by atoms with Crippen LogP contribution in [0.1, 0.15) is 74.9 Å². The van der Waals surface area contributed by atoms with Gasteiger partial charge in [-0.3, -0.25) is 0 Å². The zero-order valence-corrected chi connectivity index (χ0v) is 28.1. The van der Waals surface area contributed by atoms with Crippen molar-refractivity contribution in [1.82, 2.24) is 0 Å². The lowest BCUT2D eigenvalue weighted by molar-refractivity contribution is 0.597. The Bertz CT molecular complexity index is 2240. The lowest BCUT2D eigenvalue weighted by Gasteiger charge is -2.49. The molecule has 0 bridgehead atoms. The maximum absolute atomic E-state index is 2.54. The van der Waals surface area contributed by atoms with Crippen molar-refractivity contribution in [2.75, 3.05) is 9.80 Å². The fourth-order valence-corrected chi connectivity index (χ4v) is 8.87. The molecule has 2 nitrogen and oxygen atoms in total. The van der Waals surface area contributed by atoms with E-state index in [2.05, 4.69) is 185 Å². The number of benzene rings is 6. The molecule has 0 spiro atoms. The van der Waals surface area contributed by atoms with E-state index in [9.17, 15) is 0 Å². The Balaban J connectivity index is 1.25. The number of nitrogens with zero attached hydrogens (tertiary/aromatic N) is 2. The van der Waals surface area contributed by atoms with E-state index < -0.39 is 0 Å². The maximum Gasteiger partial charge on any atom is 0.0543 e. The highest BCUT2D eigenvalue weighted by atomic mass is 15.2. The van der Waals surface area contributed by atoms with Gasteiger partial charge >= 0.3 is 0 Å². The Kier molecular flexibility index (Phi) is 5.68. The molecule has 2 aliphatic heterocycles. The first kappa shape index (κ1) is 28.2. The SMILES string of the molecule is CC1(C)c2ccccc2-c2ccc(N(c3ccccc3)c3ccc4c(c3)C(C)(C)c3cccc5c3N4c3ccccc3C5(C)C)cc21. The Hall–Kier alpha value is -5.08. The van der Waals surface area contributed by atoms with Gasteiger partial charge in [0.25, 0.3) is 0 Å². The van der Waals surface area contributed by atoms with E-state index in [0.717, 1.165) is 5.69 Å². The fraction of sp³-hybridized carbons (Fsp3) is 0.200. The summed E-state index contributed by atoms with van der Waals surface area (Å²) in [6.45, 7) is 14.3. The Morgan fingerprint density at radius 1 is 0.383 bits per heavy atom. The molecule has 0 N–H and O–H groups in total. The normalized spacial score (nSPS) is 16.8. The van der Waals surface area contributed by atoms with Gasteiger partial charge in [-0.2, -0.15) is 0 Å². The van der Waals surface area contributed by atoms with Crippen molar-refractivity contribution in [2.45, 2.75) is 57.8 Å². The van der Waals surface area contributed by atoms with E-state index in [1.165, 1.54) is 72.9 Å². The summed E-state index contributed by atoms with van der Waals surface area (Å²) in [4.78, 5) is 4.98. The number of hydrogen-bond acceptors (Lipinski definition) is 2. The van der Waals surface area contributed by atoms with Crippen LogP contribution in [0.2, 0.25) is 0 Å². The van der Waals surface area contributed by atoms with Gasteiger partial charge in [0.1, 0.15) is 0 Å². The van der Waals surface area contributed by atoms with E-state index >= 15 is 0 Å². The zero-order chi connectivity index (χ0) is 32.3. The molecule has 230 valence electrons. The zero-order valence-electron chi connectivity index (χ0n) is 28.1. The van der Waals surface area contributed by atoms with Crippen molar-refractivity contribution in [3.63, 3.8) is 0 Å². The van der Waals surface area contributed by atoms with Gasteiger partial charge in [0.05, 0.1) is 17.1 Å². The number of rotatable bonds is 3. The molecular formula is C45H40N2. The fourth-order valence-electron chi connectivity index (χ4n) is 8.87. The largest absolute Gasteiger partial charge is 0.310 e. The maximum atomic E-state index is 2.54. The van der Waals surface area contributed by atoms with Crippen LogP contribution in [0.25, 0.3) is 11.1 Å². The highest BCUT2D eigenvalue weighted by Crippen LogP contribution is 2.60. The van der Waals surface area contributed by atoms with Gasteiger partial charge in [0.2, 0.25) is 0 Å². The van der Waals surface area contributed by atoms with Gasteiger partial charge < -0.3 is 9.80 Å². The van der Waals surface area contributed by atoms with Gasteiger partial charge in [0.15, 0.2) is 0 Å². The van der Waals surface area contributed by atoms with Crippen molar-refractivity contribution < 1.29 is 0 Å². The Morgan fingerprint density at radius 2 is 0.894 bits per heavy atom. The van der Waals surface area contributed by atoms with Crippen molar-refractivity contribution in [1.29, 1.82) is 0 Å². The third-order valence-corrected chi connectivity index (χ3v) is 11.4.